The Hall–Kier alpha value is -4.07. The van der Waals surface area contributed by atoms with E-state index in [1.165, 1.54) is 6.07 Å². The summed E-state index contributed by atoms with van der Waals surface area (Å²) >= 11 is 0. The highest BCUT2D eigenvalue weighted by atomic mass is 19.1. The number of para-hydroxylation sites is 1. The molecule has 7 nitrogen and oxygen atoms in total. The highest BCUT2D eigenvalue weighted by molar-refractivity contribution is 5.97. The Balaban J connectivity index is 1.42. The molecule has 2 aliphatic rings. The Morgan fingerprint density at radius 3 is 2.05 bits per heavy atom. The predicted molar refractivity (Wildman–Crippen MR) is 144 cm³/mol. The van der Waals surface area contributed by atoms with E-state index in [9.17, 15) is 14.0 Å². The highest BCUT2D eigenvalue weighted by Crippen LogP contribution is 2.41. The first kappa shape index (κ1) is 25.6. The maximum Gasteiger partial charge on any atom is 0.228 e. The number of carbonyl (C=O) groups excluding carboxylic acids is 2. The van der Waals surface area contributed by atoms with E-state index in [4.69, 9.17) is 9.47 Å². The molecule has 0 saturated carbocycles. The topological polar surface area (TPSA) is 62.3 Å². The second kappa shape index (κ2) is 11.1. The lowest BCUT2D eigenvalue weighted by Gasteiger charge is -2.44. The summed E-state index contributed by atoms with van der Waals surface area (Å²) in [6.45, 7) is 2.09. The molecule has 0 N–H and O–H groups in total. The van der Waals surface area contributed by atoms with Gasteiger partial charge in [0.25, 0.3) is 0 Å². The van der Waals surface area contributed by atoms with Crippen LogP contribution in [0.15, 0.2) is 72.8 Å². The maximum absolute atomic E-state index is 14.3. The molecule has 2 saturated heterocycles. The van der Waals surface area contributed by atoms with E-state index in [0.717, 1.165) is 11.3 Å². The third-order valence-electron chi connectivity index (χ3n) is 7.51. The average Bonchev–Trinajstić information content (AvgIpc) is 2.97. The van der Waals surface area contributed by atoms with Gasteiger partial charge in [0.1, 0.15) is 17.3 Å². The molecule has 3 aromatic carbocycles. The van der Waals surface area contributed by atoms with Gasteiger partial charge in [-0.2, -0.15) is 0 Å². The number of piperidine rings is 1. The van der Waals surface area contributed by atoms with Gasteiger partial charge in [-0.05, 0) is 60.5 Å². The molecule has 0 spiro atoms. The number of benzene rings is 3. The normalized spacial score (nSPS) is 19.9. The van der Waals surface area contributed by atoms with Crippen molar-refractivity contribution < 1.29 is 23.5 Å². The number of rotatable bonds is 6. The summed E-state index contributed by atoms with van der Waals surface area (Å²) in [5, 5.41) is 0. The number of carbonyl (C=O) groups is 2. The van der Waals surface area contributed by atoms with Gasteiger partial charge in [0, 0.05) is 38.3 Å². The summed E-state index contributed by atoms with van der Waals surface area (Å²) in [6, 6.07) is 21.2. The van der Waals surface area contributed by atoms with E-state index in [1.807, 2.05) is 64.4 Å². The fourth-order valence-corrected chi connectivity index (χ4v) is 5.49. The van der Waals surface area contributed by atoms with Gasteiger partial charge in [-0.3, -0.25) is 9.59 Å². The molecule has 0 bridgehead atoms. The number of methoxy groups -OCH3 is 2. The summed E-state index contributed by atoms with van der Waals surface area (Å²) in [6.07, 6.45) is 0.749. The SMILES string of the molecule is COc1ccc([C@@H]2[C@H](C(=O)N3CCN(c4ccccc4F)CC3)CCC(=O)N2c2ccc(OC)cc2)cc1. The van der Waals surface area contributed by atoms with Crippen LogP contribution in [0, 0.1) is 11.7 Å². The standard InChI is InChI=1S/C30H32FN3O4/c1-37-23-11-7-21(8-12-23)29-25(15-16-28(35)34(29)22-9-13-24(38-2)14-10-22)30(36)33-19-17-32(18-20-33)27-6-4-3-5-26(27)31/h3-14,25,29H,15-20H2,1-2H3/t25-,29-/m1/s1. The van der Waals surface area contributed by atoms with Crippen LogP contribution in [0.4, 0.5) is 15.8 Å². The van der Waals surface area contributed by atoms with E-state index < -0.39 is 12.0 Å². The quantitative estimate of drug-likeness (QED) is 0.475. The Kier molecular flexibility index (Phi) is 7.49. The maximum atomic E-state index is 14.3. The minimum Gasteiger partial charge on any atom is -0.497 e. The van der Waals surface area contributed by atoms with E-state index in [-0.39, 0.29) is 24.1 Å². The highest BCUT2D eigenvalue weighted by Gasteiger charge is 2.43. The molecule has 0 unspecified atom stereocenters. The van der Waals surface area contributed by atoms with Crippen LogP contribution in [0.2, 0.25) is 0 Å². The fourth-order valence-electron chi connectivity index (χ4n) is 5.49. The van der Waals surface area contributed by atoms with Crippen molar-refractivity contribution in [2.75, 3.05) is 50.2 Å². The first-order chi connectivity index (χ1) is 18.5. The summed E-state index contributed by atoms with van der Waals surface area (Å²) in [5.41, 5.74) is 2.15. The molecule has 0 aliphatic carbocycles. The van der Waals surface area contributed by atoms with Gasteiger partial charge >= 0.3 is 0 Å². The van der Waals surface area contributed by atoms with Gasteiger partial charge in [-0.25, -0.2) is 4.39 Å². The smallest absolute Gasteiger partial charge is 0.228 e. The Labute approximate surface area is 222 Å². The van der Waals surface area contributed by atoms with Gasteiger partial charge < -0.3 is 24.2 Å². The van der Waals surface area contributed by atoms with E-state index in [1.54, 1.807) is 31.3 Å². The van der Waals surface area contributed by atoms with Crippen LogP contribution in [0.3, 0.4) is 0 Å². The Morgan fingerprint density at radius 1 is 0.842 bits per heavy atom. The Bertz CT molecular complexity index is 1270. The van der Waals surface area contributed by atoms with Crippen LogP contribution in [0.1, 0.15) is 24.4 Å². The number of halogens is 1. The molecule has 2 heterocycles. The van der Waals surface area contributed by atoms with Crippen molar-refractivity contribution in [3.05, 3.63) is 84.2 Å². The lowest BCUT2D eigenvalue weighted by atomic mass is 9.82. The third kappa shape index (κ3) is 5.03. The number of ether oxygens (including phenoxy) is 2. The molecule has 3 aromatic rings. The van der Waals surface area contributed by atoms with E-state index >= 15 is 0 Å². The number of anilines is 2. The zero-order chi connectivity index (χ0) is 26.6. The second-order valence-electron chi connectivity index (χ2n) is 9.59. The molecule has 2 fully saturated rings. The van der Waals surface area contributed by atoms with Crippen LogP contribution in [0.5, 0.6) is 11.5 Å². The first-order valence-electron chi connectivity index (χ1n) is 12.9. The van der Waals surface area contributed by atoms with Crippen LogP contribution in [-0.2, 0) is 9.59 Å². The molecule has 5 rings (SSSR count). The van der Waals surface area contributed by atoms with Crippen LogP contribution in [-0.4, -0.2) is 57.1 Å². The molecule has 2 amide bonds. The molecule has 198 valence electrons. The number of amides is 2. The molecular formula is C30H32FN3O4. The molecule has 2 atom stereocenters. The fraction of sp³-hybridized carbons (Fsp3) is 0.333. The van der Waals surface area contributed by atoms with Crippen molar-refractivity contribution in [3.8, 4) is 11.5 Å². The lowest BCUT2D eigenvalue weighted by Crippen LogP contribution is -2.54. The van der Waals surface area contributed by atoms with Crippen molar-refractivity contribution in [2.45, 2.75) is 18.9 Å². The van der Waals surface area contributed by atoms with Crippen LogP contribution >= 0.6 is 0 Å². The Morgan fingerprint density at radius 2 is 1.45 bits per heavy atom. The van der Waals surface area contributed by atoms with E-state index in [0.29, 0.717) is 49.8 Å². The van der Waals surface area contributed by atoms with Crippen molar-refractivity contribution in [1.82, 2.24) is 4.90 Å². The molecule has 38 heavy (non-hydrogen) atoms. The molecule has 0 aromatic heterocycles. The number of piperazine rings is 1. The first-order valence-corrected chi connectivity index (χ1v) is 12.9. The molecule has 0 radical (unpaired) electrons. The lowest BCUT2D eigenvalue weighted by molar-refractivity contribution is -0.138. The monoisotopic (exact) mass is 517 g/mol. The number of hydrogen-bond donors (Lipinski definition) is 0. The minimum absolute atomic E-state index is 0.0185. The van der Waals surface area contributed by atoms with Crippen LogP contribution in [0.25, 0.3) is 0 Å². The molecule has 8 heteroatoms. The second-order valence-corrected chi connectivity index (χ2v) is 9.59. The van der Waals surface area contributed by atoms with Gasteiger partial charge in [0.05, 0.1) is 31.9 Å². The average molecular weight is 518 g/mol. The minimum atomic E-state index is -0.465. The third-order valence-corrected chi connectivity index (χ3v) is 7.51. The molecule has 2 aliphatic heterocycles. The number of nitrogens with zero attached hydrogens (tertiary/aromatic N) is 3. The zero-order valence-corrected chi connectivity index (χ0v) is 21.7. The molecular weight excluding hydrogens is 485 g/mol. The van der Waals surface area contributed by atoms with Crippen molar-refractivity contribution in [3.63, 3.8) is 0 Å². The van der Waals surface area contributed by atoms with Crippen molar-refractivity contribution >= 4 is 23.2 Å². The van der Waals surface area contributed by atoms with Crippen molar-refractivity contribution in [1.29, 1.82) is 0 Å². The summed E-state index contributed by atoms with van der Waals surface area (Å²) < 4.78 is 25.0. The van der Waals surface area contributed by atoms with Gasteiger partial charge in [-0.15, -0.1) is 0 Å². The van der Waals surface area contributed by atoms with Gasteiger partial charge in [0.2, 0.25) is 11.8 Å². The zero-order valence-electron chi connectivity index (χ0n) is 21.7. The van der Waals surface area contributed by atoms with Crippen LogP contribution < -0.4 is 19.3 Å². The summed E-state index contributed by atoms with van der Waals surface area (Å²) in [4.78, 5) is 32.9. The van der Waals surface area contributed by atoms with Gasteiger partial charge in [0.15, 0.2) is 0 Å². The van der Waals surface area contributed by atoms with E-state index in [2.05, 4.69) is 0 Å². The number of hydrogen-bond acceptors (Lipinski definition) is 5. The predicted octanol–water partition coefficient (Wildman–Crippen LogP) is 4.68. The van der Waals surface area contributed by atoms with Gasteiger partial charge in [-0.1, -0.05) is 24.3 Å². The summed E-state index contributed by atoms with van der Waals surface area (Å²) in [7, 11) is 3.21. The summed E-state index contributed by atoms with van der Waals surface area (Å²) in [5.74, 6) is 0.726. The largest absolute Gasteiger partial charge is 0.497 e. The van der Waals surface area contributed by atoms with Crippen molar-refractivity contribution in [2.24, 2.45) is 5.92 Å².